The Hall–Kier alpha value is -1.56. The van der Waals surface area contributed by atoms with Crippen LogP contribution in [-0.4, -0.2) is 21.4 Å². The van der Waals surface area contributed by atoms with Gasteiger partial charge < -0.3 is 0 Å². The molecule has 0 atom stereocenters. The van der Waals surface area contributed by atoms with Gasteiger partial charge in [0.2, 0.25) is 5.95 Å². The van der Waals surface area contributed by atoms with Gasteiger partial charge >= 0.3 is 0 Å². The molecule has 0 aliphatic rings. The molecular weight excluding hydrogens is 205 g/mol. The minimum absolute atomic E-state index is 0.113. The lowest BCUT2D eigenvalue weighted by Gasteiger charge is -1.99. The van der Waals surface area contributed by atoms with Crippen LogP contribution in [0.5, 0.6) is 0 Å². The van der Waals surface area contributed by atoms with Gasteiger partial charge in [-0.2, -0.15) is 4.39 Å². The lowest BCUT2D eigenvalue weighted by molar-refractivity contribution is -0.102. The molecule has 6 heteroatoms. The number of aromatic nitrogens is 1. The maximum atomic E-state index is 12.6. The van der Waals surface area contributed by atoms with Gasteiger partial charge in [-0.15, -0.1) is 0 Å². The number of rotatable bonds is 2. The van der Waals surface area contributed by atoms with Crippen LogP contribution in [0.3, 0.4) is 0 Å². The van der Waals surface area contributed by atoms with Crippen LogP contribution in [0.1, 0.15) is 5.69 Å². The van der Waals surface area contributed by atoms with Crippen LogP contribution in [-0.2, 0) is 4.79 Å². The predicted molar refractivity (Wildman–Crippen MR) is 52.4 cm³/mol. The molecule has 0 unspecified atom stereocenters. The molecule has 72 valence electrons. The van der Waals surface area contributed by atoms with Gasteiger partial charge in [0.1, 0.15) is 10.1 Å². The normalized spacial score (nSPS) is 9.50. The molecule has 0 saturated carbocycles. The van der Waals surface area contributed by atoms with E-state index in [1.54, 1.807) is 0 Å². The summed E-state index contributed by atoms with van der Waals surface area (Å²) in [4.78, 5) is 13.5. The first-order chi connectivity index (χ1) is 6.63. The topological polar surface area (TPSA) is 77.7 Å². The number of carbonyl (C=O) groups is 1. The van der Waals surface area contributed by atoms with Gasteiger partial charge in [0.15, 0.2) is 6.29 Å². The van der Waals surface area contributed by atoms with Crippen molar-refractivity contribution in [1.82, 2.24) is 4.98 Å². The Labute approximate surface area is 83.6 Å². The number of thioether (sulfide) groups is 1. The Morgan fingerprint density at radius 1 is 1.50 bits per heavy atom. The number of aldehydes is 1. The van der Waals surface area contributed by atoms with Gasteiger partial charge in [-0.3, -0.25) is 15.6 Å². The second kappa shape index (κ2) is 4.61. The molecule has 1 aromatic heterocycles. The Morgan fingerprint density at radius 3 is 2.79 bits per heavy atom. The molecule has 0 aliphatic heterocycles. The van der Waals surface area contributed by atoms with Crippen LogP contribution in [0.15, 0.2) is 18.2 Å². The first kappa shape index (κ1) is 10.5. The van der Waals surface area contributed by atoms with Crippen molar-refractivity contribution in [3.05, 3.63) is 29.8 Å². The van der Waals surface area contributed by atoms with Gasteiger partial charge in [-0.25, -0.2) is 4.98 Å². The molecule has 0 aliphatic carbocycles. The van der Waals surface area contributed by atoms with Gasteiger partial charge in [-0.1, -0.05) is 6.07 Å². The zero-order valence-electron chi connectivity index (χ0n) is 6.95. The van der Waals surface area contributed by atoms with Crippen molar-refractivity contribution >= 4 is 28.1 Å². The Balaban J connectivity index is 2.79. The minimum atomic E-state index is -0.689. The van der Waals surface area contributed by atoms with Gasteiger partial charge in [0.25, 0.3) is 0 Å². The summed E-state index contributed by atoms with van der Waals surface area (Å²) in [5.41, 5.74) is 0.113. The first-order valence-electron chi connectivity index (χ1n) is 3.56. The molecule has 1 rings (SSSR count). The van der Waals surface area contributed by atoms with Crippen LogP contribution >= 0.6 is 11.8 Å². The van der Waals surface area contributed by atoms with E-state index in [4.69, 9.17) is 10.8 Å². The van der Waals surface area contributed by atoms with E-state index in [0.717, 1.165) is 6.07 Å². The summed E-state index contributed by atoms with van der Waals surface area (Å²) in [6.07, 6.45) is 0.318. The zero-order valence-corrected chi connectivity index (χ0v) is 7.77. The molecule has 0 saturated heterocycles. The van der Waals surface area contributed by atoms with Crippen LogP contribution in [0.25, 0.3) is 0 Å². The number of hydrogen-bond acceptors (Lipinski definition) is 5. The summed E-state index contributed by atoms with van der Waals surface area (Å²) < 4.78 is 12.6. The fourth-order valence-electron chi connectivity index (χ4n) is 0.721. The lowest BCUT2D eigenvalue weighted by Crippen LogP contribution is -2.03. The molecule has 0 amide bonds. The van der Waals surface area contributed by atoms with E-state index >= 15 is 0 Å². The molecule has 14 heavy (non-hydrogen) atoms. The summed E-state index contributed by atoms with van der Waals surface area (Å²) in [5, 5.41) is 14.0. The highest BCUT2D eigenvalue weighted by Gasteiger charge is 2.07. The van der Waals surface area contributed by atoms with E-state index < -0.39 is 5.95 Å². The fourth-order valence-corrected chi connectivity index (χ4v) is 1.21. The summed E-state index contributed by atoms with van der Waals surface area (Å²) in [5.74, 6) is -0.689. The van der Waals surface area contributed by atoms with Crippen molar-refractivity contribution in [2.75, 3.05) is 0 Å². The maximum absolute atomic E-state index is 12.6. The van der Waals surface area contributed by atoms with Crippen molar-refractivity contribution in [2.45, 2.75) is 0 Å². The highest BCUT2D eigenvalue weighted by molar-refractivity contribution is 8.28. The van der Waals surface area contributed by atoms with Gasteiger partial charge in [0, 0.05) is 0 Å². The molecule has 0 bridgehead atoms. The van der Waals surface area contributed by atoms with E-state index in [1.807, 2.05) is 0 Å². The van der Waals surface area contributed by atoms with E-state index in [2.05, 4.69) is 4.98 Å². The highest BCUT2D eigenvalue weighted by atomic mass is 32.2. The minimum Gasteiger partial charge on any atom is -0.296 e. The molecule has 0 fully saturated rings. The molecule has 0 radical (unpaired) electrons. The summed E-state index contributed by atoms with van der Waals surface area (Å²) in [7, 11) is 0. The number of nitrogens with zero attached hydrogens (tertiary/aromatic N) is 1. The predicted octanol–water partition coefficient (Wildman–Crippen LogP) is 1.46. The van der Waals surface area contributed by atoms with Crippen LogP contribution in [0, 0.1) is 16.8 Å². The Morgan fingerprint density at radius 2 is 2.21 bits per heavy atom. The average molecular weight is 211 g/mol. The quantitative estimate of drug-likeness (QED) is 0.336. The Kier molecular flexibility index (Phi) is 3.47. The number of halogens is 1. The van der Waals surface area contributed by atoms with E-state index in [1.165, 1.54) is 12.1 Å². The van der Waals surface area contributed by atoms with Crippen molar-refractivity contribution in [3.63, 3.8) is 0 Å². The monoisotopic (exact) mass is 211 g/mol. The number of carbonyl (C=O) groups excluding carboxylic acids is 1. The molecule has 0 aromatic carbocycles. The molecule has 2 N–H and O–H groups in total. The SMILES string of the molecule is N=C(C=O)SC(=N)c1cccc(F)n1. The van der Waals surface area contributed by atoms with Crippen LogP contribution in [0.4, 0.5) is 4.39 Å². The standard InChI is InChI=1S/C8H6FN3OS/c9-6-3-1-2-5(12-6)8(11)14-7(10)4-13/h1-4,10-11H. The highest BCUT2D eigenvalue weighted by Crippen LogP contribution is 2.10. The van der Waals surface area contributed by atoms with Crippen molar-refractivity contribution in [3.8, 4) is 0 Å². The molecule has 0 spiro atoms. The third-order valence-electron chi connectivity index (χ3n) is 1.27. The second-order valence-electron chi connectivity index (χ2n) is 2.26. The number of pyridine rings is 1. The van der Waals surface area contributed by atoms with Gasteiger partial charge in [0.05, 0.1) is 5.69 Å². The van der Waals surface area contributed by atoms with E-state index in [9.17, 15) is 9.18 Å². The summed E-state index contributed by atoms with van der Waals surface area (Å²) >= 11 is 0.631. The molecule has 4 nitrogen and oxygen atoms in total. The van der Waals surface area contributed by atoms with Gasteiger partial charge in [-0.05, 0) is 23.9 Å². The summed E-state index contributed by atoms with van der Waals surface area (Å²) in [6.45, 7) is 0. The third kappa shape index (κ3) is 2.74. The largest absolute Gasteiger partial charge is 0.296 e. The Bertz CT molecular complexity index is 394. The second-order valence-corrected chi connectivity index (χ2v) is 3.31. The summed E-state index contributed by atoms with van der Waals surface area (Å²) in [6, 6.07) is 4.01. The molecule has 1 aromatic rings. The number of nitrogens with one attached hydrogen (secondary N) is 2. The zero-order chi connectivity index (χ0) is 10.6. The first-order valence-corrected chi connectivity index (χ1v) is 4.38. The maximum Gasteiger partial charge on any atom is 0.213 e. The number of hydrogen-bond donors (Lipinski definition) is 2. The molecular formula is C8H6FN3OS. The smallest absolute Gasteiger partial charge is 0.213 e. The molecule has 1 heterocycles. The van der Waals surface area contributed by atoms with Crippen molar-refractivity contribution in [2.24, 2.45) is 0 Å². The average Bonchev–Trinajstić information content (AvgIpc) is 2.17. The van der Waals surface area contributed by atoms with E-state index in [0.29, 0.717) is 18.0 Å². The van der Waals surface area contributed by atoms with Crippen molar-refractivity contribution < 1.29 is 9.18 Å². The van der Waals surface area contributed by atoms with Crippen molar-refractivity contribution in [1.29, 1.82) is 10.8 Å². The fraction of sp³-hybridized carbons (Fsp3) is 0. The van der Waals surface area contributed by atoms with E-state index in [-0.39, 0.29) is 15.8 Å². The lowest BCUT2D eigenvalue weighted by atomic mass is 10.4. The van der Waals surface area contributed by atoms with Crippen LogP contribution in [0.2, 0.25) is 0 Å². The third-order valence-corrected chi connectivity index (χ3v) is 2.00. The van der Waals surface area contributed by atoms with Crippen LogP contribution < -0.4 is 0 Å².